The first-order chi connectivity index (χ1) is 9.45. The second-order valence-electron chi connectivity index (χ2n) is 6.45. The van der Waals surface area contributed by atoms with E-state index < -0.39 is 0 Å². The van der Waals surface area contributed by atoms with Crippen molar-refractivity contribution in [2.45, 2.75) is 52.1 Å². The lowest BCUT2D eigenvalue weighted by molar-refractivity contribution is 0.170. The number of hydrogen-bond donors (Lipinski definition) is 0. The minimum atomic E-state index is -0.0840. The van der Waals surface area contributed by atoms with Gasteiger partial charge in [0.15, 0.2) is 0 Å². The Morgan fingerprint density at radius 3 is 2.90 bits per heavy atom. The Labute approximate surface area is 123 Å². The molecule has 1 aliphatic heterocycles. The largest absolute Gasteiger partial charge is 0.423 e. The number of aromatic nitrogens is 2. The van der Waals surface area contributed by atoms with E-state index in [1.54, 1.807) is 0 Å². The van der Waals surface area contributed by atoms with Gasteiger partial charge in [0.05, 0.1) is 6.54 Å². The van der Waals surface area contributed by atoms with E-state index in [0.717, 1.165) is 25.4 Å². The molecule has 2 aromatic heterocycles. The summed E-state index contributed by atoms with van der Waals surface area (Å²) in [5.41, 5.74) is 1.37. The third kappa shape index (κ3) is 2.52. The van der Waals surface area contributed by atoms with Crippen molar-refractivity contribution in [3.05, 3.63) is 33.7 Å². The molecule has 3 heterocycles. The predicted octanol–water partition coefficient (Wildman–Crippen LogP) is 3.55. The lowest BCUT2D eigenvalue weighted by atomic mass is 9.97. The van der Waals surface area contributed by atoms with Crippen molar-refractivity contribution < 1.29 is 4.42 Å². The molecule has 0 saturated carbocycles. The molecule has 0 saturated heterocycles. The summed E-state index contributed by atoms with van der Waals surface area (Å²) in [7, 11) is 0. The molecule has 0 fully saturated rings. The van der Waals surface area contributed by atoms with Crippen molar-refractivity contribution in [2.75, 3.05) is 6.54 Å². The highest BCUT2D eigenvalue weighted by Gasteiger charge is 2.27. The molecule has 1 aliphatic rings. The van der Waals surface area contributed by atoms with Crippen LogP contribution in [-0.4, -0.2) is 21.6 Å². The Morgan fingerprint density at radius 1 is 1.40 bits per heavy atom. The highest BCUT2D eigenvalue weighted by atomic mass is 32.1. The van der Waals surface area contributed by atoms with E-state index in [4.69, 9.17) is 4.42 Å². The average Bonchev–Trinajstić information content (AvgIpc) is 3.01. The lowest BCUT2D eigenvalue weighted by Crippen LogP contribution is -2.32. The van der Waals surface area contributed by atoms with Gasteiger partial charge in [-0.3, -0.25) is 4.90 Å². The van der Waals surface area contributed by atoms with Crippen LogP contribution in [0.4, 0.5) is 0 Å². The average molecular weight is 291 g/mol. The van der Waals surface area contributed by atoms with Crippen molar-refractivity contribution in [3.63, 3.8) is 0 Å². The Hall–Kier alpha value is -1.20. The van der Waals surface area contributed by atoms with Crippen LogP contribution in [0, 0.1) is 0 Å². The topological polar surface area (TPSA) is 42.2 Å². The first-order valence-electron chi connectivity index (χ1n) is 7.08. The third-order valence-electron chi connectivity index (χ3n) is 3.85. The van der Waals surface area contributed by atoms with Crippen LogP contribution >= 0.6 is 11.3 Å². The SMILES string of the molecule is CC1c2ccsc2CCN1Cc1nnc(C(C)(C)C)o1. The zero-order chi connectivity index (χ0) is 14.3. The van der Waals surface area contributed by atoms with Gasteiger partial charge in [0.2, 0.25) is 11.8 Å². The van der Waals surface area contributed by atoms with Gasteiger partial charge in [-0.2, -0.15) is 0 Å². The van der Waals surface area contributed by atoms with Gasteiger partial charge < -0.3 is 4.42 Å². The molecule has 0 aromatic carbocycles. The van der Waals surface area contributed by atoms with Gasteiger partial charge >= 0.3 is 0 Å². The number of nitrogens with zero attached hydrogens (tertiary/aromatic N) is 3. The van der Waals surface area contributed by atoms with Crippen LogP contribution in [0.5, 0.6) is 0 Å². The summed E-state index contributed by atoms with van der Waals surface area (Å²) in [6.07, 6.45) is 1.12. The molecular weight excluding hydrogens is 270 g/mol. The highest BCUT2D eigenvalue weighted by molar-refractivity contribution is 7.10. The molecule has 0 radical (unpaired) electrons. The Morgan fingerprint density at radius 2 is 2.20 bits per heavy atom. The zero-order valence-corrected chi connectivity index (χ0v) is 13.3. The fourth-order valence-corrected chi connectivity index (χ4v) is 3.53. The summed E-state index contributed by atoms with van der Waals surface area (Å²) < 4.78 is 5.81. The first kappa shape index (κ1) is 13.8. The van der Waals surface area contributed by atoms with Crippen molar-refractivity contribution in [1.82, 2.24) is 15.1 Å². The van der Waals surface area contributed by atoms with Crippen LogP contribution in [0.2, 0.25) is 0 Å². The minimum absolute atomic E-state index is 0.0840. The van der Waals surface area contributed by atoms with Crippen molar-refractivity contribution in [2.24, 2.45) is 0 Å². The van der Waals surface area contributed by atoms with E-state index >= 15 is 0 Å². The van der Waals surface area contributed by atoms with Gasteiger partial charge in [0.1, 0.15) is 0 Å². The van der Waals surface area contributed by atoms with Crippen LogP contribution < -0.4 is 0 Å². The molecule has 0 aliphatic carbocycles. The highest BCUT2D eigenvalue weighted by Crippen LogP contribution is 2.33. The summed E-state index contributed by atoms with van der Waals surface area (Å²) >= 11 is 1.87. The predicted molar refractivity (Wildman–Crippen MR) is 79.8 cm³/mol. The molecule has 0 bridgehead atoms. The fourth-order valence-electron chi connectivity index (χ4n) is 2.57. The molecule has 2 aromatic rings. The normalized spacial score (nSPS) is 20.1. The Bertz CT molecular complexity index is 596. The molecule has 4 nitrogen and oxygen atoms in total. The maximum absolute atomic E-state index is 5.81. The molecule has 1 unspecified atom stereocenters. The van der Waals surface area contributed by atoms with Gasteiger partial charge in [-0.15, -0.1) is 21.5 Å². The van der Waals surface area contributed by atoms with Crippen LogP contribution in [0.3, 0.4) is 0 Å². The maximum Gasteiger partial charge on any atom is 0.230 e. The second-order valence-corrected chi connectivity index (χ2v) is 7.45. The summed E-state index contributed by atoms with van der Waals surface area (Å²) in [5.74, 6) is 1.44. The Kier molecular flexibility index (Phi) is 3.42. The van der Waals surface area contributed by atoms with Crippen LogP contribution in [0.1, 0.15) is 56.0 Å². The number of thiophene rings is 1. The van der Waals surface area contributed by atoms with Crippen molar-refractivity contribution in [3.8, 4) is 0 Å². The molecule has 0 N–H and O–H groups in total. The number of fused-ring (bicyclic) bond motifs is 1. The molecule has 1 atom stereocenters. The van der Waals surface area contributed by atoms with E-state index in [-0.39, 0.29) is 5.41 Å². The van der Waals surface area contributed by atoms with E-state index in [2.05, 4.69) is 54.2 Å². The standard InChI is InChI=1S/C15H21N3OS/c1-10-11-6-8-20-12(11)5-7-18(10)9-13-16-17-14(19-13)15(2,3)4/h6,8,10H,5,7,9H2,1-4H3. The van der Waals surface area contributed by atoms with Gasteiger partial charge in [0.25, 0.3) is 0 Å². The van der Waals surface area contributed by atoms with Crippen LogP contribution in [-0.2, 0) is 18.4 Å². The zero-order valence-electron chi connectivity index (χ0n) is 12.5. The van der Waals surface area contributed by atoms with Crippen LogP contribution in [0.25, 0.3) is 0 Å². The summed E-state index contributed by atoms with van der Waals surface area (Å²) in [5, 5.41) is 10.6. The first-order valence-corrected chi connectivity index (χ1v) is 7.96. The Balaban J connectivity index is 1.74. The number of hydrogen-bond acceptors (Lipinski definition) is 5. The van der Waals surface area contributed by atoms with Crippen molar-refractivity contribution >= 4 is 11.3 Å². The van der Waals surface area contributed by atoms with Crippen molar-refractivity contribution in [1.29, 1.82) is 0 Å². The third-order valence-corrected chi connectivity index (χ3v) is 4.85. The monoisotopic (exact) mass is 291 g/mol. The van der Waals surface area contributed by atoms with E-state index in [0.29, 0.717) is 11.9 Å². The van der Waals surface area contributed by atoms with E-state index in [1.807, 2.05) is 11.3 Å². The smallest absolute Gasteiger partial charge is 0.230 e. The van der Waals surface area contributed by atoms with E-state index in [1.165, 1.54) is 10.4 Å². The van der Waals surface area contributed by atoms with Gasteiger partial charge in [-0.25, -0.2) is 0 Å². The summed E-state index contributed by atoms with van der Waals surface area (Å²) in [6.45, 7) is 10.3. The van der Waals surface area contributed by atoms with Gasteiger partial charge in [0, 0.05) is 22.9 Å². The van der Waals surface area contributed by atoms with Gasteiger partial charge in [-0.05, 0) is 30.4 Å². The maximum atomic E-state index is 5.81. The molecule has 0 amide bonds. The second kappa shape index (κ2) is 4.97. The molecule has 108 valence electrons. The molecule has 20 heavy (non-hydrogen) atoms. The lowest BCUT2D eigenvalue weighted by Gasteiger charge is -2.32. The van der Waals surface area contributed by atoms with E-state index in [9.17, 15) is 0 Å². The fraction of sp³-hybridized carbons (Fsp3) is 0.600. The molecule has 3 rings (SSSR count). The number of rotatable bonds is 2. The molecule has 5 heteroatoms. The molecule has 0 spiro atoms. The summed E-state index contributed by atoms with van der Waals surface area (Å²) in [6, 6.07) is 2.67. The van der Waals surface area contributed by atoms with Gasteiger partial charge in [-0.1, -0.05) is 20.8 Å². The summed E-state index contributed by atoms with van der Waals surface area (Å²) in [4.78, 5) is 3.93. The van der Waals surface area contributed by atoms with Crippen LogP contribution in [0.15, 0.2) is 15.9 Å². The quantitative estimate of drug-likeness (QED) is 0.848. The minimum Gasteiger partial charge on any atom is -0.423 e. The molecular formula is C15H21N3OS.